The zero-order chi connectivity index (χ0) is 21.2. The van der Waals surface area contributed by atoms with Gasteiger partial charge in [0.25, 0.3) is 0 Å². The van der Waals surface area contributed by atoms with E-state index in [-0.39, 0.29) is 6.61 Å². The van der Waals surface area contributed by atoms with Crippen LogP contribution in [0.1, 0.15) is 29.3 Å². The van der Waals surface area contributed by atoms with Crippen LogP contribution < -0.4 is 10.2 Å². The summed E-state index contributed by atoms with van der Waals surface area (Å²) in [5, 5.41) is 13.6. The minimum absolute atomic E-state index is 0.165. The van der Waals surface area contributed by atoms with E-state index in [4.69, 9.17) is 14.2 Å². The normalized spacial score (nSPS) is 10.6. The SMILES string of the molecule is CCOC(=O)COc1ccc(/C=N/Nc2nc(C)cc(COC)c2C#N)cc1Br. The molecule has 0 amide bonds. The summed E-state index contributed by atoms with van der Waals surface area (Å²) in [5.74, 6) is 0.449. The van der Waals surface area contributed by atoms with Crippen LogP contribution in [0.15, 0.2) is 33.8 Å². The largest absolute Gasteiger partial charge is 0.481 e. The molecule has 2 rings (SSSR count). The number of hydrogen-bond donors (Lipinski definition) is 1. The van der Waals surface area contributed by atoms with Crippen molar-refractivity contribution in [3.8, 4) is 11.8 Å². The van der Waals surface area contributed by atoms with Crippen LogP contribution in [0.4, 0.5) is 5.82 Å². The highest BCUT2D eigenvalue weighted by Crippen LogP contribution is 2.25. The predicted molar refractivity (Wildman–Crippen MR) is 112 cm³/mol. The van der Waals surface area contributed by atoms with Gasteiger partial charge in [0.2, 0.25) is 0 Å². The number of pyridine rings is 1. The molecule has 0 aliphatic heterocycles. The number of nitriles is 1. The number of nitrogens with zero attached hydrogens (tertiary/aromatic N) is 3. The highest BCUT2D eigenvalue weighted by molar-refractivity contribution is 9.10. The lowest BCUT2D eigenvalue weighted by atomic mass is 10.1. The summed E-state index contributed by atoms with van der Waals surface area (Å²) < 4.78 is 16.0. The van der Waals surface area contributed by atoms with E-state index in [2.05, 4.69) is 37.5 Å². The van der Waals surface area contributed by atoms with Crippen LogP contribution in [0.3, 0.4) is 0 Å². The molecule has 0 bridgehead atoms. The fraction of sp³-hybridized carbons (Fsp3) is 0.300. The summed E-state index contributed by atoms with van der Waals surface area (Å²) in [7, 11) is 1.57. The first kappa shape index (κ1) is 22.3. The van der Waals surface area contributed by atoms with Crippen molar-refractivity contribution >= 4 is 33.9 Å². The van der Waals surface area contributed by atoms with E-state index >= 15 is 0 Å². The van der Waals surface area contributed by atoms with E-state index in [1.165, 1.54) is 0 Å². The lowest BCUT2D eigenvalue weighted by Crippen LogP contribution is -2.14. The van der Waals surface area contributed by atoms with Gasteiger partial charge in [-0.1, -0.05) is 0 Å². The first-order valence-electron chi connectivity index (χ1n) is 8.75. The lowest BCUT2D eigenvalue weighted by molar-refractivity contribution is -0.145. The topological polar surface area (TPSA) is 106 Å². The molecule has 0 aliphatic rings. The number of hydrogen-bond acceptors (Lipinski definition) is 8. The van der Waals surface area contributed by atoms with E-state index in [1.807, 2.05) is 13.0 Å². The molecule has 8 nitrogen and oxygen atoms in total. The van der Waals surface area contributed by atoms with E-state index in [0.29, 0.717) is 34.8 Å². The predicted octanol–water partition coefficient (Wildman–Crippen LogP) is 3.56. The van der Waals surface area contributed by atoms with Crippen LogP contribution in [0.25, 0.3) is 0 Å². The molecule has 0 radical (unpaired) electrons. The number of carbonyl (C=O) groups is 1. The van der Waals surface area contributed by atoms with Crippen molar-refractivity contribution in [3.05, 3.63) is 51.1 Å². The number of anilines is 1. The summed E-state index contributed by atoms with van der Waals surface area (Å²) in [4.78, 5) is 15.7. The average molecular weight is 461 g/mol. The maximum Gasteiger partial charge on any atom is 0.344 e. The summed E-state index contributed by atoms with van der Waals surface area (Å²) in [6.45, 7) is 4.02. The summed E-state index contributed by atoms with van der Waals surface area (Å²) in [6.07, 6.45) is 1.58. The number of methoxy groups -OCH3 is 1. The molecule has 2 aromatic rings. The van der Waals surface area contributed by atoms with Crippen molar-refractivity contribution in [2.45, 2.75) is 20.5 Å². The number of ether oxygens (including phenoxy) is 3. The molecule has 0 spiro atoms. The molecule has 0 fully saturated rings. The van der Waals surface area contributed by atoms with Crippen molar-refractivity contribution in [1.82, 2.24) is 4.98 Å². The fourth-order valence-electron chi connectivity index (χ4n) is 2.44. The van der Waals surface area contributed by atoms with Gasteiger partial charge >= 0.3 is 5.97 Å². The fourth-order valence-corrected chi connectivity index (χ4v) is 2.95. The first-order valence-corrected chi connectivity index (χ1v) is 9.54. The van der Waals surface area contributed by atoms with Crippen molar-refractivity contribution < 1.29 is 19.0 Å². The summed E-state index contributed by atoms with van der Waals surface area (Å²) in [6, 6.07) is 9.22. The number of halogens is 1. The maximum absolute atomic E-state index is 11.4. The molecule has 29 heavy (non-hydrogen) atoms. The number of hydrazone groups is 1. The van der Waals surface area contributed by atoms with Crippen LogP contribution in [-0.4, -0.2) is 37.5 Å². The number of aryl methyl sites for hydroxylation is 1. The van der Waals surface area contributed by atoms with Gasteiger partial charge in [0, 0.05) is 18.4 Å². The molecule has 0 aliphatic carbocycles. The Morgan fingerprint density at radius 3 is 2.86 bits per heavy atom. The van der Waals surface area contributed by atoms with Crippen LogP contribution >= 0.6 is 15.9 Å². The lowest BCUT2D eigenvalue weighted by Gasteiger charge is -2.09. The van der Waals surface area contributed by atoms with Crippen molar-refractivity contribution in [2.24, 2.45) is 5.10 Å². The van der Waals surface area contributed by atoms with Crippen molar-refractivity contribution in [3.63, 3.8) is 0 Å². The summed E-state index contributed by atoms with van der Waals surface area (Å²) in [5.41, 5.74) is 5.47. The molecule has 1 heterocycles. The molecule has 1 aromatic carbocycles. The third-order valence-electron chi connectivity index (χ3n) is 3.63. The van der Waals surface area contributed by atoms with E-state index in [9.17, 15) is 10.1 Å². The molecule has 0 atom stereocenters. The van der Waals surface area contributed by atoms with Gasteiger partial charge in [0.1, 0.15) is 17.4 Å². The van der Waals surface area contributed by atoms with Crippen LogP contribution in [0.2, 0.25) is 0 Å². The Kier molecular flexibility index (Phi) is 8.58. The van der Waals surface area contributed by atoms with E-state index in [1.54, 1.807) is 38.4 Å². The Balaban J connectivity index is 2.08. The molecular weight excluding hydrogens is 440 g/mol. The van der Waals surface area contributed by atoms with E-state index < -0.39 is 5.97 Å². The second kappa shape index (κ2) is 11.1. The Morgan fingerprint density at radius 1 is 1.41 bits per heavy atom. The second-order valence-electron chi connectivity index (χ2n) is 5.84. The van der Waals surface area contributed by atoms with Gasteiger partial charge in [-0.3, -0.25) is 5.43 Å². The molecule has 152 valence electrons. The number of aromatic nitrogens is 1. The quantitative estimate of drug-likeness (QED) is 0.346. The number of rotatable bonds is 9. The zero-order valence-corrected chi connectivity index (χ0v) is 17.9. The molecular formula is C20H21BrN4O4. The number of esters is 1. The minimum Gasteiger partial charge on any atom is -0.481 e. The smallest absolute Gasteiger partial charge is 0.344 e. The average Bonchev–Trinajstić information content (AvgIpc) is 2.68. The van der Waals surface area contributed by atoms with Gasteiger partial charge in [-0.15, -0.1) is 0 Å². The highest BCUT2D eigenvalue weighted by atomic mass is 79.9. The van der Waals surface area contributed by atoms with Crippen molar-refractivity contribution in [1.29, 1.82) is 5.26 Å². The molecule has 1 N–H and O–H groups in total. The molecule has 1 aromatic heterocycles. The van der Waals surface area contributed by atoms with Gasteiger partial charge in [-0.2, -0.15) is 10.4 Å². The Hall–Kier alpha value is -2.96. The third kappa shape index (κ3) is 6.55. The van der Waals surface area contributed by atoms with Gasteiger partial charge in [-0.25, -0.2) is 9.78 Å². The molecule has 0 saturated carbocycles. The molecule has 0 unspecified atom stereocenters. The third-order valence-corrected chi connectivity index (χ3v) is 4.25. The minimum atomic E-state index is -0.430. The zero-order valence-electron chi connectivity index (χ0n) is 16.4. The monoisotopic (exact) mass is 460 g/mol. The summed E-state index contributed by atoms with van der Waals surface area (Å²) >= 11 is 3.40. The van der Waals surface area contributed by atoms with Gasteiger partial charge in [-0.05, 0) is 59.6 Å². The maximum atomic E-state index is 11.4. The highest BCUT2D eigenvalue weighted by Gasteiger charge is 2.11. The Morgan fingerprint density at radius 2 is 2.21 bits per heavy atom. The number of benzene rings is 1. The standard InChI is InChI=1S/C20H21BrN4O4/c1-4-28-19(26)12-29-18-6-5-14(8-17(18)21)10-23-25-20-16(9-22)15(11-27-3)7-13(2)24-20/h5-8,10H,4,11-12H2,1-3H3,(H,24,25)/b23-10+. The van der Waals surface area contributed by atoms with Gasteiger partial charge in [0.05, 0.1) is 23.9 Å². The Labute approximate surface area is 177 Å². The number of carbonyl (C=O) groups excluding carboxylic acids is 1. The van der Waals surface area contributed by atoms with Gasteiger partial charge in [0.15, 0.2) is 12.4 Å². The van der Waals surface area contributed by atoms with Crippen LogP contribution in [0.5, 0.6) is 5.75 Å². The first-order chi connectivity index (χ1) is 14.0. The van der Waals surface area contributed by atoms with E-state index in [0.717, 1.165) is 16.8 Å². The van der Waals surface area contributed by atoms with Gasteiger partial charge < -0.3 is 14.2 Å². The van der Waals surface area contributed by atoms with Crippen LogP contribution in [0, 0.1) is 18.3 Å². The molecule has 9 heteroatoms. The molecule has 0 saturated heterocycles. The Bertz CT molecular complexity index is 941. The van der Waals surface area contributed by atoms with Crippen molar-refractivity contribution in [2.75, 3.05) is 25.7 Å². The second-order valence-corrected chi connectivity index (χ2v) is 6.70. The number of nitrogens with one attached hydrogen (secondary N) is 1. The van der Waals surface area contributed by atoms with Crippen LogP contribution in [-0.2, 0) is 20.9 Å².